The van der Waals surface area contributed by atoms with Gasteiger partial charge in [-0.25, -0.2) is 0 Å². The standard InChI is InChI=1S/C9H10S/c1-7-2-3-8-4-5-10-9(8)6-7/h2-6,8-9H,1H3. The van der Waals surface area contributed by atoms with Gasteiger partial charge in [0.15, 0.2) is 0 Å². The first-order chi connectivity index (χ1) is 4.86. The smallest absolute Gasteiger partial charge is 0.0371 e. The number of hydrogen-bond acceptors (Lipinski definition) is 1. The van der Waals surface area contributed by atoms with E-state index in [1.54, 1.807) is 0 Å². The Morgan fingerprint density at radius 1 is 1.40 bits per heavy atom. The maximum Gasteiger partial charge on any atom is 0.0371 e. The van der Waals surface area contributed by atoms with Crippen molar-refractivity contribution in [3.63, 3.8) is 0 Å². The minimum absolute atomic E-state index is 0.675. The first kappa shape index (κ1) is 6.29. The molecule has 1 aliphatic carbocycles. The Morgan fingerprint density at radius 2 is 2.30 bits per heavy atom. The van der Waals surface area contributed by atoms with E-state index in [2.05, 4.69) is 36.6 Å². The number of fused-ring (bicyclic) bond motifs is 1. The number of hydrogen-bond donors (Lipinski definition) is 0. The molecule has 0 amide bonds. The van der Waals surface area contributed by atoms with Gasteiger partial charge < -0.3 is 0 Å². The molecule has 0 saturated heterocycles. The maximum absolute atomic E-state index is 2.34. The summed E-state index contributed by atoms with van der Waals surface area (Å²) in [7, 11) is 0. The molecule has 0 aromatic heterocycles. The zero-order chi connectivity index (χ0) is 6.97. The van der Waals surface area contributed by atoms with Gasteiger partial charge in [0.05, 0.1) is 0 Å². The van der Waals surface area contributed by atoms with Crippen LogP contribution in [-0.2, 0) is 0 Å². The molecule has 2 aliphatic rings. The molecule has 10 heavy (non-hydrogen) atoms. The summed E-state index contributed by atoms with van der Waals surface area (Å²) in [5.74, 6) is 0.675. The fourth-order valence-corrected chi connectivity index (χ4v) is 2.44. The molecular weight excluding hydrogens is 140 g/mol. The molecule has 0 spiro atoms. The topological polar surface area (TPSA) is 0 Å². The normalized spacial score (nSPS) is 35.9. The zero-order valence-corrected chi connectivity index (χ0v) is 6.77. The summed E-state index contributed by atoms with van der Waals surface area (Å²) >= 11 is 1.92. The second kappa shape index (κ2) is 2.31. The van der Waals surface area contributed by atoms with Crippen LogP contribution in [0.5, 0.6) is 0 Å². The van der Waals surface area contributed by atoms with Crippen LogP contribution in [0.2, 0.25) is 0 Å². The summed E-state index contributed by atoms with van der Waals surface area (Å²) in [6.45, 7) is 2.16. The van der Waals surface area contributed by atoms with E-state index in [1.807, 2.05) is 11.8 Å². The zero-order valence-electron chi connectivity index (χ0n) is 5.95. The van der Waals surface area contributed by atoms with Gasteiger partial charge in [0, 0.05) is 11.2 Å². The Balaban J connectivity index is 2.25. The molecule has 0 aromatic carbocycles. The predicted molar refractivity (Wildman–Crippen MR) is 46.9 cm³/mol. The molecule has 0 fully saturated rings. The SMILES string of the molecule is CC1=CC2SC=CC2C=C1. The van der Waals surface area contributed by atoms with Gasteiger partial charge in [0.25, 0.3) is 0 Å². The van der Waals surface area contributed by atoms with Crippen molar-refractivity contribution in [3.8, 4) is 0 Å². The van der Waals surface area contributed by atoms with Gasteiger partial charge in [-0.2, -0.15) is 0 Å². The summed E-state index contributed by atoms with van der Waals surface area (Å²) in [5, 5.41) is 2.90. The fraction of sp³-hybridized carbons (Fsp3) is 0.333. The minimum atomic E-state index is 0.675. The predicted octanol–water partition coefficient (Wildman–Crippen LogP) is 2.75. The van der Waals surface area contributed by atoms with Crippen LogP contribution in [0.4, 0.5) is 0 Å². The first-order valence-corrected chi connectivity index (χ1v) is 4.49. The van der Waals surface area contributed by atoms with Crippen LogP contribution in [0.25, 0.3) is 0 Å². The second-order valence-corrected chi connectivity index (χ2v) is 3.87. The molecule has 0 N–H and O–H groups in total. The molecule has 52 valence electrons. The lowest BCUT2D eigenvalue weighted by Gasteiger charge is -2.15. The third kappa shape index (κ3) is 0.948. The van der Waals surface area contributed by atoms with Crippen LogP contribution in [0.15, 0.2) is 35.3 Å². The summed E-state index contributed by atoms with van der Waals surface area (Å²) in [6.07, 6.45) is 9.11. The van der Waals surface area contributed by atoms with E-state index in [9.17, 15) is 0 Å². The Morgan fingerprint density at radius 3 is 3.20 bits per heavy atom. The van der Waals surface area contributed by atoms with E-state index >= 15 is 0 Å². The van der Waals surface area contributed by atoms with E-state index in [1.165, 1.54) is 5.57 Å². The Bertz CT molecular complexity index is 223. The van der Waals surface area contributed by atoms with Crippen molar-refractivity contribution in [3.05, 3.63) is 35.3 Å². The molecule has 1 aliphatic heterocycles. The average Bonchev–Trinajstić information content (AvgIpc) is 2.33. The largest absolute Gasteiger partial charge is 0.126 e. The van der Waals surface area contributed by atoms with E-state index in [0.29, 0.717) is 11.2 Å². The maximum atomic E-state index is 2.34. The lowest BCUT2D eigenvalue weighted by Crippen LogP contribution is -2.09. The summed E-state index contributed by atoms with van der Waals surface area (Å²) < 4.78 is 0. The van der Waals surface area contributed by atoms with E-state index in [0.717, 1.165) is 0 Å². The number of rotatable bonds is 0. The average molecular weight is 150 g/mol. The third-order valence-electron chi connectivity index (χ3n) is 1.92. The molecule has 1 heterocycles. The molecule has 0 nitrogen and oxygen atoms in total. The lowest BCUT2D eigenvalue weighted by atomic mass is 9.97. The summed E-state index contributed by atoms with van der Waals surface area (Å²) in [6, 6.07) is 0. The highest BCUT2D eigenvalue weighted by atomic mass is 32.2. The lowest BCUT2D eigenvalue weighted by molar-refractivity contribution is 0.847. The Labute approximate surface area is 65.7 Å². The van der Waals surface area contributed by atoms with Gasteiger partial charge in [-0.1, -0.05) is 29.9 Å². The molecule has 0 aromatic rings. The van der Waals surface area contributed by atoms with Crippen LogP contribution < -0.4 is 0 Å². The van der Waals surface area contributed by atoms with Crippen molar-refractivity contribution in [1.29, 1.82) is 0 Å². The van der Waals surface area contributed by atoms with Crippen LogP contribution >= 0.6 is 11.8 Å². The van der Waals surface area contributed by atoms with Crippen molar-refractivity contribution < 1.29 is 0 Å². The molecule has 2 unspecified atom stereocenters. The monoisotopic (exact) mass is 150 g/mol. The second-order valence-electron chi connectivity index (χ2n) is 2.78. The van der Waals surface area contributed by atoms with Gasteiger partial charge in [-0.15, -0.1) is 11.8 Å². The van der Waals surface area contributed by atoms with E-state index in [-0.39, 0.29) is 0 Å². The van der Waals surface area contributed by atoms with Gasteiger partial charge in [-0.05, 0) is 12.3 Å². The van der Waals surface area contributed by atoms with Crippen LogP contribution in [0.1, 0.15) is 6.92 Å². The fourth-order valence-electron chi connectivity index (χ4n) is 1.33. The molecule has 2 atom stereocenters. The third-order valence-corrected chi connectivity index (χ3v) is 3.00. The minimum Gasteiger partial charge on any atom is -0.126 e. The highest BCUT2D eigenvalue weighted by molar-refractivity contribution is 8.03. The Hall–Kier alpha value is -0.430. The molecule has 0 bridgehead atoms. The molecule has 0 radical (unpaired) electrons. The van der Waals surface area contributed by atoms with Crippen LogP contribution in [0, 0.1) is 5.92 Å². The van der Waals surface area contributed by atoms with Gasteiger partial charge >= 0.3 is 0 Å². The highest BCUT2D eigenvalue weighted by Crippen LogP contribution is 2.34. The van der Waals surface area contributed by atoms with Crippen molar-refractivity contribution in [2.75, 3.05) is 0 Å². The summed E-state index contributed by atoms with van der Waals surface area (Å²) in [5.41, 5.74) is 1.40. The molecular formula is C9H10S. The number of thioether (sulfide) groups is 1. The quantitative estimate of drug-likeness (QED) is 0.511. The number of allylic oxidation sites excluding steroid dienone is 4. The molecule has 0 saturated carbocycles. The van der Waals surface area contributed by atoms with Gasteiger partial charge in [0.1, 0.15) is 0 Å². The van der Waals surface area contributed by atoms with Gasteiger partial charge in [0.2, 0.25) is 0 Å². The van der Waals surface area contributed by atoms with E-state index < -0.39 is 0 Å². The first-order valence-electron chi connectivity index (χ1n) is 3.55. The van der Waals surface area contributed by atoms with Crippen molar-refractivity contribution in [1.82, 2.24) is 0 Å². The molecule has 1 heteroatoms. The van der Waals surface area contributed by atoms with Gasteiger partial charge in [-0.3, -0.25) is 0 Å². The highest BCUT2D eigenvalue weighted by Gasteiger charge is 2.20. The summed E-state index contributed by atoms with van der Waals surface area (Å²) in [4.78, 5) is 0. The van der Waals surface area contributed by atoms with Crippen molar-refractivity contribution in [2.45, 2.75) is 12.2 Å². The van der Waals surface area contributed by atoms with E-state index in [4.69, 9.17) is 0 Å². The molecule has 2 rings (SSSR count). The van der Waals surface area contributed by atoms with Crippen LogP contribution in [-0.4, -0.2) is 5.25 Å². The van der Waals surface area contributed by atoms with Crippen LogP contribution in [0.3, 0.4) is 0 Å². The Kier molecular flexibility index (Phi) is 1.46. The van der Waals surface area contributed by atoms with Crippen molar-refractivity contribution >= 4 is 11.8 Å². The van der Waals surface area contributed by atoms with Crippen molar-refractivity contribution in [2.24, 2.45) is 5.92 Å².